The van der Waals surface area contributed by atoms with Gasteiger partial charge < -0.3 is 43.6 Å². The van der Waals surface area contributed by atoms with Crippen LogP contribution in [0, 0.1) is 0 Å². The van der Waals surface area contributed by atoms with Gasteiger partial charge in [0.15, 0.2) is 5.71 Å². The number of hydrogen-bond acceptors (Lipinski definition) is 12. The molecule has 0 saturated carbocycles. The van der Waals surface area contributed by atoms with Crippen LogP contribution >= 0.6 is 0 Å². The molecule has 4 heterocycles. The maximum atomic E-state index is 12.4. The molecule has 73 heavy (non-hydrogen) atoms. The lowest BCUT2D eigenvalue weighted by Crippen LogP contribution is -2.46. The maximum absolute atomic E-state index is 12.4. The van der Waals surface area contributed by atoms with Crippen molar-refractivity contribution in [2.75, 3.05) is 71.3 Å². The predicted octanol–water partition coefficient (Wildman–Crippen LogP) is 9.62. The van der Waals surface area contributed by atoms with E-state index in [1.807, 2.05) is 80.6 Å². The Labute approximate surface area is 429 Å². The molecule has 0 atom stereocenters. The molecule has 388 valence electrons. The summed E-state index contributed by atoms with van der Waals surface area (Å²) in [6.07, 6.45) is 20.2. The van der Waals surface area contributed by atoms with Gasteiger partial charge in [-0.1, -0.05) is 72.9 Å². The van der Waals surface area contributed by atoms with Crippen LogP contribution in [0.5, 0.6) is 17.5 Å². The Morgan fingerprint density at radius 2 is 1.45 bits per heavy atom. The SMILES string of the molecule is COCCOCCOCCOCCN1c2cc3c(cc2C(C)=CC1(C)C)C(=CC=CC=CC=CC1=[N+](CCCCCC(=O)On2c(O)ccc2O)c2ccc(S(=O)(=O)O)cc2C1(C)C)C=C(c1ccccc1)O3. The van der Waals surface area contributed by atoms with Gasteiger partial charge in [-0.25, -0.2) is 4.79 Å². The molecule has 0 unspecified atom stereocenters. The number of aromatic hydroxyl groups is 2. The molecular formula is C57H68N3O12S+. The lowest BCUT2D eigenvalue weighted by molar-refractivity contribution is -0.438. The van der Waals surface area contributed by atoms with Crippen LogP contribution in [-0.2, 0) is 39.3 Å². The summed E-state index contributed by atoms with van der Waals surface area (Å²) in [4.78, 5) is 19.7. The number of methoxy groups -OCH3 is 1. The molecule has 4 aromatic rings. The summed E-state index contributed by atoms with van der Waals surface area (Å²) in [5.74, 6) is 0.146. The number of benzene rings is 3. The second kappa shape index (κ2) is 24.5. The van der Waals surface area contributed by atoms with E-state index in [1.54, 1.807) is 13.2 Å². The van der Waals surface area contributed by atoms with Crippen molar-refractivity contribution in [1.82, 2.24) is 4.73 Å². The van der Waals surface area contributed by atoms with Crippen molar-refractivity contribution < 1.29 is 61.1 Å². The van der Waals surface area contributed by atoms with Crippen LogP contribution in [0.1, 0.15) is 82.6 Å². The highest BCUT2D eigenvalue weighted by atomic mass is 32.2. The van der Waals surface area contributed by atoms with Gasteiger partial charge in [-0.2, -0.15) is 13.0 Å². The third kappa shape index (κ3) is 13.6. The summed E-state index contributed by atoms with van der Waals surface area (Å²) in [7, 11) is -2.79. The summed E-state index contributed by atoms with van der Waals surface area (Å²) in [6, 6.07) is 21.5. The van der Waals surface area contributed by atoms with Gasteiger partial charge in [0.2, 0.25) is 17.4 Å². The van der Waals surface area contributed by atoms with E-state index in [9.17, 15) is 28.0 Å². The van der Waals surface area contributed by atoms with Crippen LogP contribution in [-0.4, -0.2) is 116 Å². The molecule has 16 heteroatoms. The third-order valence-corrected chi connectivity index (χ3v) is 13.8. The number of aromatic nitrogens is 1. The van der Waals surface area contributed by atoms with E-state index >= 15 is 0 Å². The third-order valence-electron chi connectivity index (χ3n) is 13.0. The number of carbonyl (C=O) groups is 1. The lowest BCUT2D eigenvalue weighted by Gasteiger charge is -2.44. The van der Waals surface area contributed by atoms with Gasteiger partial charge in [0.05, 0.1) is 62.1 Å². The molecule has 0 spiro atoms. The van der Waals surface area contributed by atoms with E-state index in [1.165, 1.54) is 29.8 Å². The Balaban J connectivity index is 1.06. The highest BCUT2D eigenvalue weighted by molar-refractivity contribution is 7.85. The van der Waals surface area contributed by atoms with Gasteiger partial charge in [-0.05, 0) is 82.9 Å². The number of fused-ring (bicyclic) bond motifs is 3. The first-order valence-electron chi connectivity index (χ1n) is 24.6. The van der Waals surface area contributed by atoms with E-state index in [0.29, 0.717) is 83.3 Å². The lowest BCUT2D eigenvalue weighted by atomic mass is 9.81. The van der Waals surface area contributed by atoms with E-state index < -0.39 is 21.5 Å². The first-order chi connectivity index (χ1) is 35.0. The highest BCUT2D eigenvalue weighted by Gasteiger charge is 2.45. The van der Waals surface area contributed by atoms with E-state index in [2.05, 4.69) is 60.6 Å². The molecule has 0 saturated heterocycles. The van der Waals surface area contributed by atoms with Crippen LogP contribution in [0.4, 0.5) is 11.4 Å². The molecule has 3 aliphatic rings. The number of allylic oxidation sites excluding steroid dienone is 10. The molecule has 0 radical (unpaired) electrons. The Hall–Kier alpha value is -6.53. The van der Waals surface area contributed by atoms with Crippen LogP contribution in [0.15, 0.2) is 132 Å². The minimum atomic E-state index is -4.43. The van der Waals surface area contributed by atoms with Crippen molar-refractivity contribution in [3.05, 3.63) is 150 Å². The van der Waals surface area contributed by atoms with Crippen LogP contribution in [0.3, 0.4) is 0 Å². The normalized spacial score (nSPS) is 16.5. The van der Waals surface area contributed by atoms with E-state index in [4.69, 9.17) is 28.5 Å². The molecule has 0 amide bonds. The molecule has 0 fully saturated rings. The highest BCUT2D eigenvalue weighted by Crippen LogP contribution is 2.47. The van der Waals surface area contributed by atoms with Gasteiger partial charge in [0.25, 0.3) is 10.1 Å². The van der Waals surface area contributed by atoms with Gasteiger partial charge in [-0.15, -0.1) is 4.73 Å². The summed E-state index contributed by atoms with van der Waals surface area (Å²) < 4.78 is 66.0. The molecule has 3 aromatic carbocycles. The number of unbranched alkanes of at least 4 members (excludes halogenated alkanes) is 2. The summed E-state index contributed by atoms with van der Waals surface area (Å²) in [5, 5.41) is 19.6. The average Bonchev–Trinajstić information content (AvgIpc) is 3.78. The van der Waals surface area contributed by atoms with Crippen molar-refractivity contribution in [3.63, 3.8) is 0 Å². The first kappa shape index (κ1) is 54.2. The maximum Gasteiger partial charge on any atom is 0.333 e. The van der Waals surface area contributed by atoms with E-state index in [0.717, 1.165) is 56.4 Å². The Kier molecular flexibility index (Phi) is 18.2. The number of nitrogens with zero attached hydrogens (tertiary/aromatic N) is 3. The topological polar surface area (TPSA) is 178 Å². The van der Waals surface area contributed by atoms with Gasteiger partial charge >= 0.3 is 5.97 Å². The van der Waals surface area contributed by atoms with Crippen LogP contribution < -0.4 is 14.5 Å². The molecule has 3 aliphatic heterocycles. The van der Waals surface area contributed by atoms with Gasteiger partial charge in [0.1, 0.15) is 18.1 Å². The van der Waals surface area contributed by atoms with E-state index in [-0.39, 0.29) is 28.6 Å². The van der Waals surface area contributed by atoms with Crippen molar-refractivity contribution in [2.24, 2.45) is 0 Å². The molecule has 0 bridgehead atoms. The van der Waals surface area contributed by atoms with Crippen LogP contribution in [0.25, 0.3) is 16.9 Å². The minimum absolute atomic E-state index is 0.0751. The molecule has 15 nitrogen and oxygen atoms in total. The van der Waals surface area contributed by atoms with Crippen molar-refractivity contribution in [1.29, 1.82) is 0 Å². The van der Waals surface area contributed by atoms with Crippen molar-refractivity contribution in [2.45, 2.75) is 76.2 Å². The molecule has 7 rings (SSSR count). The standard InChI is InChI=1S/C57H67N3O12S/c1-41-40-56(2,3)59(28-29-68-32-33-70-35-34-69-31-30-67-6)49-39-51-46(38-45(41)49)43(36-50(71-51)42-18-13-10-14-19-42)20-12-8-7-9-15-21-52-57(4,5)47-37-44(73(64,65)66)23-24-48(47)58(52)27-17-11-16-22-55(63)72-60-53(61)25-26-54(60)62/h7-10,12-15,18-21,23-26,36-40H,11,16-17,22,27-35H2,1-6H3,(H2-,61,62,64,65,66)/p+1. The number of ether oxygens (including phenoxy) is 5. The zero-order valence-corrected chi connectivity index (χ0v) is 43.4. The fraction of sp³-hybridized carbons (Fsp3) is 0.368. The molecule has 3 N–H and O–H groups in total. The molecule has 1 aromatic heterocycles. The average molecular weight is 1020 g/mol. The zero-order valence-electron chi connectivity index (χ0n) is 42.6. The number of hydrogen-bond donors (Lipinski definition) is 3. The first-order valence-corrected chi connectivity index (χ1v) is 26.1. The fourth-order valence-electron chi connectivity index (χ4n) is 9.33. The Morgan fingerprint density at radius 1 is 0.781 bits per heavy atom. The number of rotatable bonds is 25. The van der Waals surface area contributed by atoms with Crippen molar-refractivity contribution >= 4 is 50.1 Å². The number of carbonyl (C=O) groups excluding carboxylic acids is 1. The monoisotopic (exact) mass is 1020 g/mol. The molecule has 0 aliphatic carbocycles. The summed E-state index contributed by atoms with van der Waals surface area (Å²) >= 11 is 0. The molecular weight excluding hydrogens is 951 g/mol. The second-order valence-corrected chi connectivity index (χ2v) is 20.4. The minimum Gasteiger partial charge on any atom is -0.492 e. The van der Waals surface area contributed by atoms with Crippen LogP contribution in [0.2, 0.25) is 0 Å². The predicted molar refractivity (Wildman–Crippen MR) is 283 cm³/mol. The summed E-state index contributed by atoms with van der Waals surface area (Å²) in [6.45, 7) is 15.5. The summed E-state index contributed by atoms with van der Waals surface area (Å²) in [5.41, 5.74) is 7.97. The smallest absolute Gasteiger partial charge is 0.333 e. The van der Waals surface area contributed by atoms with Gasteiger partial charge in [0, 0.05) is 84.8 Å². The largest absolute Gasteiger partial charge is 0.492 e. The van der Waals surface area contributed by atoms with Crippen molar-refractivity contribution in [3.8, 4) is 17.5 Å². The second-order valence-electron chi connectivity index (χ2n) is 19.0. The Morgan fingerprint density at radius 3 is 2.15 bits per heavy atom. The van der Waals surface area contributed by atoms with Gasteiger partial charge in [-0.3, -0.25) is 4.55 Å². The zero-order chi connectivity index (χ0) is 52.2. The quantitative estimate of drug-likeness (QED) is 0.0248. The fourth-order valence-corrected chi connectivity index (χ4v) is 9.83. The Bertz CT molecular complexity index is 2920. The number of anilines is 1.